The number of H-pyrrole nitrogens is 1. The molecule has 0 saturated heterocycles. The number of benzene rings is 1. The Morgan fingerprint density at radius 2 is 2.29 bits per heavy atom. The first kappa shape index (κ1) is 12.7. The Morgan fingerprint density at radius 3 is 3.00 bits per heavy atom. The number of halogens is 2. The first-order valence-electron chi connectivity index (χ1n) is 4.77. The van der Waals surface area contributed by atoms with Gasteiger partial charge in [-0.15, -0.1) is 11.8 Å². The van der Waals surface area contributed by atoms with Crippen molar-refractivity contribution in [1.29, 1.82) is 0 Å². The number of nitrogens with zero attached hydrogens (tertiary/aromatic N) is 1. The number of rotatable bonds is 3. The first-order valence-corrected chi connectivity index (χ1v) is 6.93. The molecule has 0 bridgehead atoms. The van der Waals surface area contributed by atoms with Crippen LogP contribution < -0.4 is 5.56 Å². The van der Waals surface area contributed by atoms with Crippen molar-refractivity contribution < 1.29 is 0 Å². The van der Waals surface area contributed by atoms with Crippen LogP contribution in [0.5, 0.6) is 0 Å². The molecule has 2 aromatic rings. The van der Waals surface area contributed by atoms with E-state index in [4.69, 9.17) is 11.6 Å². The lowest BCUT2D eigenvalue weighted by molar-refractivity contribution is 0.990. The fraction of sp³-hybridized carbons (Fsp3) is 0.0909. The summed E-state index contributed by atoms with van der Waals surface area (Å²) in [6.07, 6.45) is 1.51. The highest BCUT2D eigenvalue weighted by molar-refractivity contribution is 9.10. The van der Waals surface area contributed by atoms with Crippen molar-refractivity contribution in [3.63, 3.8) is 0 Å². The molecule has 0 spiro atoms. The number of aromatic amines is 1. The molecule has 17 heavy (non-hydrogen) atoms. The predicted octanol–water partition coefficient (Wildman–Crippen LogP) is 3.48. The zero-order chi connectivity index (χ0) is 12.3. The monoisotopic (exact) mass is 330 g/mol. The fourth-order valence-corrected chi connectivity index (χ4v) is 2.49. The lowest BCUT2D eigenvalue weighted by Crippen LogP contribution is -2.10. The number of hydrogen-bond acceptors (Lipinski definition) is 3. The smallest absolute Gasteiger partial charge is 0.265 e. The van der Waals surface area contributed by atoms with Crippen LogP contribution in [0, 0.1) is 0 Å². The largest absolute Gasteiger partial charge is 0.309 e. The molecule has 6 heteroatoms. The van der Waals surface area contributed by atoms with Crippen LogP contribution in [-0.2, 0) is 5.75 Å². The Morgan fingerprint density at radius 1 is 1.47 bits per heavy atom. The minimum atomic E-state index is -0.165. The van der Waals surface area contributed by atoms with E-state index in [9.17, 15) is 4.79 Å². The molecule has 0 radical (unpaired) electrons. The van der Waals surface area contributed by atoms with E-state index in [2.05, 4.69) is 25.9 Å². The summed E-state index contributed by atoms with van der Waals surface area (Å²) in [4.78, 5) is 19.2. The van der Waals surface area contributed by atoms with Crippen molar-refractivity contribution in [2.75, 3.05) is 0 Å². The Kier molecular flexibility index (Phi) is 4.25. The van der Waals surface area contributed by atoms with Crippen LogP contribution in [0.1, 0.15) is 5.82 Å². The normalized spacial score (nSPS) is 10.5. The molecule has 0 amide bonds. The zero-order valence-corrected chi connectivity index (χ0v) is 11.8. The molecule has 2 rings (SSSR count). The lowest BCUT2D eigenvalue weighted by Gasteiger charge is -2.01. The number of thioether (sulfide) groups is 1. The van der Waals surface area contributed by atoms with E-state index in [-0.39, 0.29) is 5.56 Å². The maximum absolute atomic E-state index is 11.3. The molecule has 0 aliphatic rings. The summed E-state index contributed by atoms with van der Waals surface area (Å²) < 4.78 is 0.439. The third kappa shape index (κ3) is 3.59. The van der Waals surface area contributed by atoms with E-state index in [1.807, 2.05) is 24.3 Å². The standard InChI is InChI=1S/C11H8BrClN2OS/c12-9-5-14-10(15-11(9)16)6-17-8-3-1-2-7(13)4-8/h1-5H,6H2,(H,14,15,16). The Hall–Kier alpha value is -0.780. The van der Waals surface area contributed by atoms with E-state index in [1.54, 1.807) is 11.8 Å². The van der Waals surface area contributed by atoms with Gasteiger partial charge in [-0.05, 0) is 34.1 Å². The van der Waals surface area contributed by atoms with E-state index >= 15 is 0 Å². The molecule has 0 atom stereocenters. The van der Waals surface area contributed by atoms with Gasteiger partial charge in [-0.3, -0.25) is 4.79 Å². The Bertz CT molecular complexity index is 588. The summed E-state index contributed by atoms with van der Waals surface area (Å²) in [6, 6.07) is 7.56. The topological polar surface area (TPSA) is 45.8 Å². The van der Waals surface area contributed by atoms with Crippen molar-refractivity contribution in [3.05, 3.63) is 56.1 Å². The van der Waals surface area contributed by atoms with Gasteiger partial charge in [-0.25, -0.2) is 4.98 Å². The number of hydrogen-bond donors (Lipinski definition) is 1. The van der Waals surface area contributed by atoms with Gasteiger partial charge < -0.3 is 4.98 Å². The summed E-state index contributed by atoms with van der Waals surface area (Å²) in [5, 5.41) is 0.701. The van der Waals surface area contributed by atoms with E-state index in [0.29, 0.717) is 21.1 Å². The van der Waals surface area contributed by atoms with Gasteiger partial charge in [-0.1, -0.05) is 17.7 Å². The van der Waals surface area contributed by atoms with E-state index in [0.717, 1.165) is 4.90 Å². The minimum absolute atomic E-state index is 0.165. The summed E-state index contributed by atoms with van der Waals surface area (Å²) in [7, 11) is 0. The molecular weight excluding hydrogens is 324 g/mol. The molecule has 1 aromatic heterocycles. The minimum Gasteiger partial charge on any atom is -0.309 e. The predicted molar refractivity (Wildman–Crippen MR) is 73.6 cm³/mol. The van der Waals surface area contributed by atoms with Crippen molar-refractivity contribution in [2.24, 2.45) is 0 Å². The molecule has 1 aromatic carbocycles. The van der Waals surface area contributed by atoms with Crippen LogP contribution in [0.2, 0.25) is 5.02 Å². The molecule has 1 heterocycles. The molecule has 0 aliphatic heterocycles. The average molecular weight is 332 g/mol. The molecule has 3 nitrogen and oxygen atoms in total. The lowest BCUT2D eigenvalue weighted by atomic mass is 10.4. The van der Waals surface area contributed by atoms with Crippen LogP contribution in [0.3, 0.4) is 0 Å². The molecule has 0 aliphatic carbocycles. The second-order valence-electron chi connectivity index (χ2n) is 3.25. The Balaban J connectivity index is 2.07. The zero-order valence-electron chi connectivity index (χ0n) is 8.61. The third-order valence-corrected chi connectivity index (χ3v) is 3.79. The molecule has 0 fully saturated rings. The molecule has 1 N–H and O–H groups in total. The second-order valence-corrected chi connectivity index (χ2v) is 5.59. The fourth-order valence-electron chi connectivity index (χ4n) is 1.20. The number of nitrogens with one attached hydrogen (secondary N) is 1. The van der Waals surface area contributed by atoms with Gasteiger partial charge in [0.1, 0.15) is 10.3 Å². The van der Waals surface area contributed by atoms with Gasteiger partial charge in [0.05, 0.1) is 5.75 Å². The third-order valence-electron chi connectivity index (χ3n) is 1.98. The Labute approximate surface area is 116 Å². The van der Waals surface area contributed by atoms with Gasteiger partial charge in [0.25, 0.3) is 5.56 Å². The SMILES string of the molecule is O=c1[nH]c(CSc2cccc(Cl)c2)ncc1Br. The average Bonchev–Trinajstić information content (AvgIpc) is 2.31. The van der Waals surface area contributed by atoms with Gasteiger partial charge in [0, 0.05) is 16.1 Å². The van der Waals surface area contributed by atoms with Crippen molar-refractivity contribution in [3.8, 4) is 0 Å². The summed E-state index contributed by atoms with van der Waals surface area (Å²) in [5.41, 5.74) is -0.165. The molecule has 0 unspecified atom stereocenters. The van der Waals surface area contributed by atoms with Crippen molar-refractivity contribution in [1.82, 2.24) is 9.97 Å². The van der Waals surface area contributed by atoms with Crippen LogP contribution in [-0.4, -0.2) is 9.97 Å². The highest BCUT2D eigenvalue weighted by atomic mass is 79.9. The molecular formula is C11H8BrClN2OS. The van der Waals surface area contributed by atoms with E-state index < -0.39 is 0 Å². The molecule has 88 valence electrons. The van der Waals surface area contributed by atoms with E-state index in [1.165, 1.54) is 6.20 Å². The maximum Gasteiger partial charge on any atom is 0.265 e. The van der Waals surface area contributed by atoms with Gasteiger partial charge in [0.15, 0.2) is 0 Å². The second kappa shape index (κ2) is 5.71. The number of aromatic nitrogens is 2. The summed E-state index contributed by atoms with van der Waals surface area (Å²) >= 11 is 10.6. The first-order chi connectivity index (χ1) is 8.15. The van der Waals surface area contributed by atoms with Crippen LogP contribution in [0.15, 0.2) is 44.6 Å². The van der Waals surface area contributed by atoms with Crippen molar-refractivity contribution >= 4 is 39.3 Å². The molecule has 0 saturated carbocycles. The van der Waals surface area contributed by atoms with Gasteiger partial charge in [0.2, 0.25) is 0 Å². The highest BCUT2D eigenvalue weighted by Gasteiger charge is 2.01. The summed E-state index contributed by atoms with van der Waals surface area (Å²) in [5.74, 6) is 1.24. The van der Waals surface area contributed by atoms with Crippen LogP contribution in [0.25, 0.3) is 0 Å². The highest BCUT2D eigenvalue weighted by Crippen LogP contribution is 2.23. The van der Waals surface area contributed by atoms with Crippen LogP contribution in [0.4, 0.5) is 0 Å². The summed E-state index contributed by atoms with van der Waals surface area (Å²) in [6.45, 7) is 0. The van der Waals surface area contributed by atoms with Gasteiger partial charge >= 0.3 is 0 Å². The van der Waals surface area contributed by atoms with Crippen LogP contribution >= 0.6 is 39.3 Å². The van der Waals surface area contributed by atoms with Gasteiger partial charge in [-0.2, -0.15) is 0 Å². The quantitative estimate of drug-likeness (QED) is 0.876. The van der Waals surface area contributed by atoms with Crippen molar-refractivity contribution in [2.45, 2.75) is 10.6 Å². The maximum atomic E-state index is 11.3.